The molecule has 5 aromatic carbocycles. The Morgan fingerprint density at radius 2 is 1.11 bits per heavy atom. The topological polar surface area (TPSA) is 43.1 Å². The maximum absolute atomic E-state index is 5.36. The first-order valence-electron chi connectivity index (χ1n) is 15.1. The number of benzene rings is 5. The van der Waals surface area contributed by atoms with Crippen LogP contribution in [0.2, 0.25) is 0 Å². The van der Waals surface area contributed by atoms with Gasteiger partial charge in [-0.25, -0.2) is 15.0 Å². The number of rotatable bonds is 4. The van der Waals surface area contributed by atoms with Crippen molar-refractivity contribution >= 4 is 38.2 Å². The molecule has 0 amide bonds. The lowest BCUT2D eigenvalue weighted by Crippen LogP contribution is -1.93. The maximum atomic E-state index is 5.36. The summed E-state index contributed by atoms with van der Waals surface area (Å²) in [7, 11) is 0. The minimum absolute atomic E-state index is 0.937. The molecule has 4 heterocycles. The van der Waals surface area contributed by atoms with E-state index >= 15 is 0 Å². The number of nitrogens with zero attached hydrogens (tertiary/aromatic N) is 4. The lowest BCUT2D eigenvalue weighted by atomic mass is 9.94. The van der Waals surface area contributed by atoms with Gasteiger partial charge < -0.3 is 4.40 Å². The van der Waals surface area contributed by atoms with E-state index in [4.69, 9.17) is 15.0 Å². The third-order valence-electron chi connectivity index (χ3n) is 8.60. The molecule has 4 heteroatoms. The fourth-order valence-electron chi connectivity index (χ4n) is 6.40. The van der Waals surface area contributed by atoms with Gasteiger partial charge >= 0.3 is 0 Å². The molecule has 0 aliphatic heterocycles. The van der Waals surface area contributed by atoms with Crippen molar-refractivity contribution in [2.75, 3.05) is 0 Å². The summed E-state index contributed by atoms with van der Waals surface area (Å²) in [5.41, 5.74) is 11.3. The average Bonchev–Trinajstić information content (AvgIpc) is 3.56. The Morgan fingerprint density at radius 3 is 1.96 bits per heavy atom. The van der Waals surface area contributed by atoms with E-state index in [1.165, 1.54) is 5.39 Å². The van der Waals surface area contributed by atoms with E-state index in [2.05, 4.69) is 126 Å². The first kappa shape index (κ1) is 25.4. The number of pyridine rings is 3. The number of fused-ring (bicyclic) bond motifs is 6. The van der Waals surface area contributed by atoms with Crippen LogP contribution in [0.15, 0.2) is 158 Å². The van der Waals surface area contributed by atoms with Crippen molar-refractivity contribution in [3.63, 3.8) is 0 Å². The van der Waals surface area contributed by atoms with Crippen LogP contribution in [0.5, 0.6) is 0 Å². The summed E-state index contributed by atoms with van der Waals surface area (Å²) in [5.74, 6) is 0. The summed E-state index contributed by atoms with van der Waals surface area (Å²) in [6.45, 7) is 0. The highest BCUT2D eigenvalue weighted by Gasteiger charge is 2.16. The highest BCUT2D eigenvalue weighted by Crippen LogP contribution is 2.39. The van der Waals surface area contributed by atoms with Crippen LogP contribution in [0.1, 0.15) is 0 Å². The van der Waals surface area contributed by atoms with Gasteiger partial charge in [0.2, 0.25) is 0 Å². The monoisotopic (exact) mass is 574 g/mol. The van der Waals surface area contributed by atoms with Crippen LogP contribution in [0.4, 0.5) is 0 Å². The van der Waals surface area contributed by atoms with Crippen molar-refractivity contribution in [1.29, 1.82) is 0 Å². The number of hydrogen-bond acceptors (Lipinski definition) is 3. The Balaban J connectivity index is 1.23. The van der Waals surface area contributed by atoms with Crippen molar-refractivity contribution in [3.8, 4) is 44.9 Å². The summed E-state index contributed by atoms with van der Waals surface area (Å²) >= 11 is 0. The van der Waals surface area contributed by atoms with Gasteiger partial charge in [0.05, 0.1) is 28.1 Å². The summed E-state index contributed by atoms with van der Waals surface area (Å²) < 4.78 is 2.06. The van der Waals surface area contributed by atoms with Crippen molar-refractivity contribution in [3.05, 3.63) is 158 Å². The molecule has 0 bridgehead atoms. The molecule has 0 atom stereocenters. The Morgan fingerprint density at radius 1 is 0.400 bits per heavy atom. The zero-order chi connectivity index (χ0) is 29.7. The van der Waals surface area contributed by atoms with Crippen LogP contribution in [0, 0.1) is 0 Å². The molecule has 0 fully saturated rings. The predicted molar refractivity (Wildman–Crippen MR) is 185 cm³/mol. The maximum Gasteiger partial charge on any atom is 0.137 e. The van der Waals surface area contributed by atoms with Crippen molar-refractivity contribution in [1.82, 2.24) is 19.4 Å². The van der Waals surface area contributed by atoms with Crippen LogP contribution in [-0.4, -0.2) is 19.4 Å². The molecule has 9 aromatic rings. The fourth-order valence-corrected chi connectivity index (χ4v) is 6.40. The average molecular weight is 575 g/mol. The van der Waals surface area contributed by atoms with Crippen LogP contribution < -0.4 is 0 Å². The van der Waals surface area contributed by atoms with Crippen LogP contribution in [0.3, 0.4) is 0 Å². The second kappa shape index (κ2) is 10.2. The zero-order valence-electron chi connectivity index (χ0n) is 24.3. The second-order valence-electron chi connectivity index (χ2n) is 11.3. The largest absolute Gasteiger partial charge is 0.306 e. The van der Waals surface area contributed by atoms with E-state index in [9.17, 15) is 0 Å². The zero-order valence-corrected chi connectivity index (χ0v) is 24.3. The molecule has 0 saturated carbocycles. The van der Waals surface area contributed by atoms with E-state index < -0.39 is 0 Å². The first-order chi connectivity index (χ1) is 22.3. The molecule has 0 radical (unpaired) electrons. The number of aromatic nitrogens is 4. The molecule has 45 heavy (non-hydrogen) atoms. The van der Waals surface area contributed by atoms with Gasteiger partial charge in [-0.15, -0.1) is 0 Å². The van der Waals surface area contributed by atoms with Crippen molar-refractivity contribution < 1.29 is 0 Å². The van der Waals surface area contributed by atoms with Crippen LogP contribution >= 0.6 is 0 Å². The minimum atomic E-state index is 0.937. The summed E-state index contributed by atoms with van der Waals surface area (Å²) in [4.78, 5) is 15.3. The van der Waals surface area contributed by atoms with Crippen molar-refractivity contribution in [2.45, 2.75) is 0 Å². The highest BCUT2D eigenvalue weighted by molar-refractivity contribution is 6.21. The van der Waals surface area contributed by atoms with Gasteiger partial charge in [-0.05, 0) is 59.0 Å². The molecule has 4 aromatic heterocycles. The minimum Gasteiger partial charge on any atom is -0.306 e. The Bertz CT molecular complexity index is 2500. The molecule has 0 unspecified atom stereocenters. The van der Waals surface area contributed by atoms with Gasteiger partial charge in [-0.2, -0.15) is 0 Å². The van der Waals surface area contributed by atoms with Gasteiger partial charge in [0.1, 0.15) is 5.65 Å². The van der Waals surface area contributed by atoms with E-state index in [0.717, 1.165) is 77.7 Å². The van der Waals surface area contributed by atoms with Gasteiger partial charge in [0, 0.05) is 45.2 Å². The van der Waals surface area contributed by atoms with Crippen LogP contribution in [0.25, 0.3) is 83.1 Å². The summed E-state index contributed by atoms with van der Waals surface area (Å²) in [5, 5.41) is 4.52. The standard InChI is InChI=1S/C41H26N4/c1-3-10-27(11-4-1)35-21-20-34-36(42-35)22-19-33-32-18-17-30(25-37(32)44-41(40(33)34)28-12-5-2-6-13-28)29-14-9-15-31(24-29)38-26-45-23-8-7-16-39(45)43-38/h1-26H. The Hall–Kier alpha value is -6.13. The highest BCUT2D eigenvalue weighted by atomic mass is 15.0. The quantitative estimate of drug-likeness (QED) is 0.196. The molecule has 4 nitrogen and oxygen atoms in total. The molecular weight excluding hydrogens is 548 g/mol. The normalized spacial score (nSPS) is 11.6. The third kappa shape index (κ3) is 4.35. The third-order valence-corrected chi connectivity index (χ3v) is 8.60. The molecule has 0 spiro atoms. The summed E-state index contributed by atoms with van der Waals surface area (Å²) in [6.07, 6.45) is 4.11. The van der Waals surface area contributed by atoms with Gasteiger partial charge in [0.25, 0.3) is 0 Å². The molecule has 0 aliphatic carbocycles. The molecule has 9 rings (SSSR count). The Kier molecular flexibility index (Phi) is 5.78. The fraction of sp³-hybridized carbons (Fsp3) is 0. The molecule has 0 N–H and O–H groups in total. The van der Waals surface area contributed by atoms with Gasteiger partial charge in [-0.1, -0.05) is 103 Å². The van der Waals surface area contributed by atoms with E-state index in [1.54, 1.807) is 0 Å². The van der Waals surface area contributed by atoms with E-state index in [0.29, 0.717) is 0 Å². The predicted octanol–water partition coefficient (Wildman–Crippen LogP) is 10.3. The smallest absolute Gasteiger partial charge is 0.137 e. The molecule has 0 aliphatic rings. The lowest BCUT2D eigenvalue weighted by Gasteiger charge is -2.14. The van der Waals surface area contributed by atoms with E-state index in [-0.39, 0.29) is 0 Å². The second-order valence-corrected chi connectivity index (χ2v) is 11.3. The molecule has 0 saturated heterocycles. The number of imidazole rings is 1. The van der Waals surface area contributed by atoms with Gasteiger partial charge in [-0.3, -0.25) is 0 Å². The number of hydrogen-bond donors (Lipinski definition) is 0. The first-order valence-corrected chi connectivity index (χ1v) is 15.1. The van der Waals surface area contributed by atoms with Crippen LogP contribution in [-0.2, 0) is 0 Å². The van der Waals surface area contributed by atoms with Gasteiger partial charge in [0.15, 0.2) is 0 Å². The van der Waals surface area contributed by atoms with E-state index in [1.807, 2.05) is 36.5 Å². The summed E-state index contributed by atoms with van der Waals surface area (Å²) in [6, 6.07) is 50.8. The molecular formula is C41H26N4. The lowest BCUT2D eigenvalue weighted by molar-refractivity contribution is 1.19. The van der Waals surface area contributed by atoms with Crippen molar-refractivity contribution in [2.24, 2.45) is 0 Å². The SMILES string of the molecule is c1ccc(-c2ccc3c(ccc4c5ccc(-c6cccc(-c7cn8ccccc8n7)c6)cc5nc(-c5ccccc5)c34)n2)cc1. The molecule has 210 valence electrons. The Labute approximate surface area is 259 Å².